The number of pyridine rings is 1. The zero-order chi connectivity index (χ0) is 16.9. The zero-order valence-electron chi connectivity index (χ0n) is 12.0. The standard InChI is InChI=1S/C14H14N4OS.2ClH.Cu/c1-19-13-7-5-11(6-8-13)17-14(20)18-16-10-12-4-2-3-9-15-12;;;/h2-10H,1H3,(H2,17,18,20);2*1H;/q;;;+2/p-2/b16-10+;;;. The van der Waals surface area contributed by atoms with E-state index in [0.717, 1.165) is 30.3 Å². The summed E-state index contributed by atoms with van der Waals surface area (Å²) >= 11 is 5.88. The summed E-state index contributed by atoms with van der Waals surface area (Å²) in [6, 6.07) is 13.0. The fourth-order valence-electron chi connectivity index (χ4n) is 1.44. The van der Waals surface area contributed by atoms with Crippen LogP contribution in [0.25, 0.3) is 0 Å². The van der Waals surface area contributed by atoms with Crippen molar-refractivity contribution in [2.24, 2.45) is 5.10 Å². The fraction of sp³-hybridized carbons (Fsp3) is 0.0714. The molecule has 0 fully saturated rings. The molecule has 0 saturated carbocycles. The molecule has 0 radical (unpaired) electrons. The summed E-state index contributed by atoms with van der Waals surface area (Å²) in [7, 11) is 11.0. The van der Waals surface area contributed by atoms with Gasteiger partial charge in [-0.2, -0.15) is 5.10 Å². The molecule has 0 aliphatic heterocycles. The van der Waals surface area contributed by atoms with Crippen LogP contribution in [-0.2, 0) is 13.1 Å². The first-order chi connectivity index (χ1) is 11.2. The first-order valence-electron chi connectivity index (χ1n) is 6.16. The molecule has 127 valence electrons. The Labute approximate surface area is 155 Å². The second-order valence-electron chi connectivity index (χ2n) is 3.85. The summed E-state index contributed by atoms with van der Waals surface area (Å²) in [4.78, 5) is 4.11. The van der Waals surface area contributed by atoms with Crippen molar-refractivity contribution in [3.63, 3.8) is 0 Å². The minimum absolute atomic E-state index is 0.405. The number of methoxy groups -OCH3 is 1. The molecule has 5 nitrogen and oxygen atoms in total. The van der Waals surface area contributed by atoms with Crippen molar-refractivity contribution in [3.8, 4) is 5.75 Å². The number of hydrazone groups is 1. The third-order valence-electron chi connectivity index (χ3n) is 2.40. The number of benzene rings is 1. The number of anilines is 1. The average Bonchev–Trinajstić information content (AvgIpc) is 2.57. The second-order valence-corrected chi connectivity index (χ2v) is 5.81. The molecule has 2 aromatic rings. The van der Waals surface area contributed by atoms with E-state index in [0.29, 0.717) is 5.11 Å². The van der Waals surface area contributed by atoms with Crippen LogP contribution >= 0.6 is 32.4 Å². The molecule has 0 aliphatic carbocycles. The third-order valence-corrected chi connectivity index (χ3v) is 2.59. The van der Waals surface area contributed by atoms with Gasteiger partial charge in [0.15, 0.2) is 5.11 Å². The molecule has 1 aromatic heterocycles. The number of hydrogen-bond acceptors (Lipinski definition) is 4. The molecule has 2 N–H and O–H groups in total. The van der Waals surface area contributed by atoms with E-state index in [4.69, 9.17) is 17.0 Å². The van der Waals surface area contributed by atoms with Crippen LogP contribution in [0.15, 0.2) is 53.8 Å². The van der Waals surface area contributed by atoms with Crippen LogP contribution in [0.5, 0.6) is 5.75 Å². The van der Waals surface area contributed by atoms with Gasteiger partial charge in [-0.1, -0.05) is 6.07 Å². The molecule has 0 saturated heterocycles. The summed E-state index contributed by atoms with van der Waals surface area (Å²) in [5.41, 5.74) is 4.34. The van der Waals surface area contributed by atoms with E-state index in [1.807, 2.05) is 42.5 Å². The summed E-state index contributed by atoms with van der Waals surface area (Å²) in [6.45, 7) is 0. The van der Waals surface area contributed by atoms with Gasteiger partial charge < -0.3 is 10.1 Å². The van der Waals surface area contributed by atoms with Gasteiger partial charge in [0, 0.05) is 11.9 Å². The van der Waals surface area contributed by atoms with Crippen LogP contribution < -0.4 is 15.5 Å². The van der Waals surface area contributed by atoms with E-state index < -0.39 is 0 Å². The molecule has 23 heavy (non-hydrogen) atoms. The van der Waals surface area contributed by atoms with Crippen LogP contribution in [0.3, 0.4) is 0 Å². The Hall–Kier alpha value is -1.37. The molecule has 9 heteroatoms. The normalized spacial score (nSPS) is 9.87. The van der Waals surface area contributed by atoms with Gasteiger partial charge in [-0.25, -0.2) is 0 Å². The molecular formula is C14H14Cl2CuN4OS. The molecule has 2 rings (SSSR count). The van der Waals surface area contributed by atoms with E-state index in [1.165, 1.54) is 0 Å². The van der Waals surface area contributed by atoms with E-state index >= 15 is 0 Å². The second kappa shape index (κ2) is 12.1. The first kappa shape index (κ1) is 19.7. The zero-order valence-corrected chi connectivity index (χ0v) is 15.2. The van der Waals surface area contributed by atoms with Crippen LogP contribution in [0.1, 0.15) is 5.69 Å². The van der Waals surface area contributed by atoms with Crippen molar-refractivity contribution in [1.29, 1.82) is 0 Å². The Bertz CT molecular complexity index is 614. The van der Waals surface area contributed by atoms with Crippen molar-refractivity contribution in [3.05, 3.63) is 54.4 Å². The maximum absolute atomic E-state index is 5.13. The van der Waals surface area contributed by atoms with Gasteiger partial charge in [0.25, 0.3) is 0 Å². The summed E-state index contributed by atoms with van der Waals surface area (Å²) in [6.07, 6.45) is 3.30. The molecule has 0 atom stereocenters. The van der Waals surface area contributed by atoms with Gasteiger partial charge in [0.05, 0.1) is 19.0 Å². The monoisotopic (exact) mass is 419 g/mol. The van der Waals surface area contributed by atoms with Gasteiger partial charge >= 0.3 is 33.3 Å². The van der Waals surface area contributed by atoms with E-state index in [9.17, 15) is 0 Å². The Balaban J connectivity index is 0.000000816. The number of halogens is 2. The van der Waals surface area contributed by atoms with Crippen LogP contribution in [0.2, 0.25) is 0 Å². The molecule has 0 amide bonds. The number of aromatic nitrogens is 1. The summed E-state index contributed by atoms with van der Waals surface area (Å²) in [5, 5.41) is 7.42. The Kier molecular flexibility index (Phi) is 10.4. The van der Waals surface area contributed by atoms with Gasteiger partial charge in [-0.15, -0.1) is 0 Å². The van der Waals surface area contributed by atoms with Gasteiger partial charge in [-0.05, 0) is 48.6 Å². The first-order valence-corrected chi connectivity index (χ1v) is 9.16. The topological polar surface area (TPSA) is 58.5 Å². The predicted octanol–water partition coefficient (Wildman–Crippen LogP) is 3.79. The van der Waals surface area contributed by atoms with E-state index in [2.05, 4.69) is 41.0 Å². The fourth-order valence-corrected chi connectivity index (χ4v) is 1.61. The number of thiocarbonyl (C=S) groups is 1. The number of rotatable bonds is 4. The number of nitrogens with one attached hydrogen (secondary N) is 2. The van der Waals surface area contributed by atoms with Crippen molar-refractivity contribution >= 4 is 49.4 Å². The van der Waals surface area contributed by atoms with Crippen molar-refractivity contribution in [2.75, 3.05) is 12.4 Å². The number of ether oxygens (including phenoxy) is 1. The minimum atomic E-state index is 0.405. The van der Waals surface area contributed by atoms with Crippen LogP contribution in [0.4, 0.5) is 5.69 Å². The Morgan fingerprint density at radius 3 is 2.52 bits per heavy atom. The van der Waals surface area contributed by atoms with Crippen molar-refractivity contribution in [2.45, 2.75) is 0 Å². The Morgan fingerprint density at radius 1 is 1.26 bits per heavy atom. The molecule has 0 unspecified atom stereocenters. The SMILES string of the molecule is COc1ccc(NC(=S)N/N=C/c2ccccn2)cc1.[Cl][Cu][Cl]. The molecule has 0 bridgehead atoms. The van der Waals surface area contributed by atoms with Crippen LogP contribution in [-0.4, -0.2) is 23.4 Å². The maximum atomic E-state index is 5.13. The summed E-state index contributed by atoms with van der Waals surface area (Å²) in [5.74, 6) is 0.794. The van der Waals surface area contributed by atoms with Crippen LogP contribution in [0, 0.1) is 0 Å². The van der Waals surface area contributed by atoms with E-state index in [1.54, 1.807) is 19.5 Å². The third kappa shape index (κ3) is 8.73. The predicted molar refractivity (Wildman–Crippen MR) is 95.9 cm³/mol. The quantitative estimate of drug-likeness (QED) is 0.341. The molecule has 0 aliphatic rings. The van der Waals surface area contributed by atoms with Gasteiger partial charge in [0.1, 0.15) is 5.75 Å². The number of hydrogen-bond donors (Lipinski definition) is 2. The molecule has 1 heterocycles. The molecular weight excluding hydrogens is 407 g/mol. The molecule has 0 spiro atoms. The Morgan fingerprint density at radius 2 is 1.96 bits per heavy atom. The summed E-state index contributed by atoms with van der Waals surface area (Å²) < 4.78 is 5.08. The van der Waals surface area contributed by atoms with Gasteiger partial charge in [0.2, 0.25) is 0 Å². The van der Waals surface area contributed by atoms with Gasteiger partial charge in [-0.3, -0.25) is 10.4 Å². The van der Waals surface area contributed by atoms with E-state index in [-0.39, 0.29) is 0 Å². The van der Waals surface area contributed by atoms with Crippen molar-refractivity contribution in [1.82, 2.24) is 10.4 Å². The van der Waals surface area contributed by atoms with Crippen molar-refractivity contribution < 1.29 is 17.9 Å². The molecule has 1 aromatic carbocycles. The average molecular weight is 421 g/mol. The number of nitrogens with zero attached hydrogens (tertiary/aromatic N) is 2.